The van der Waals surface area contributed by atoms with Gasteiger partial charge in [0.1, 0.15) is 4.70 Å². The van der Waals surface area contributed by atoms with Gasteiger partial charge in [0.2, 0.25) is 0 Å². The molecular formula is C12H7F2N3O2S2. The Bertz CT molecular complexity index is 938. The van der Waals surface area contributed by atoms with Crippen molar-refractivity contribution in [2.75, 3.05) is 7.11 Å². The second-order valence-corrected chi connectivity index (χ2v) is 5.28. The van der Waals surface area contributed by atoms with Crippen molar-refractivity contribution in [2.24, 2.45) is 0 Å². The van der Waals surface area contributed by atoms with Crippen molar-refractivity contribution < 1.29 is 13.5 Å². The van der Waals surface area contributed by atoms with E-state index in [1.165, 1.54) is 5.51 Å². The third kappa shape index (κ3) is 2.14. The highest BCUT2D eigenvalue weighted by Gasteiger charge is 2.15. The highest BCUT2D eigenvalue weighted by Crippen LogP contribution is 2.24. The molecule has 0 amide bonds. The van der Waals surface area contributed by atoms with Crippen molar-refractivity contribution in [1.29, 1.82) is 0 Å². The maximum absolute atomic E-state index is 13.8. The number of aromatic amines is 1. The second kappa shape index (κ2) is 5.01. The summed E-state index contributed by atoms with van der Waals surface area (Å²) in [5.41, 5.74) is 1.32. The van der Waals surface area contributed by atoms with Gasteiger partial charge in [-0.05, 0) is 12.2 Å². The summed E-state index contributed by atoms with van der Waals surface area (Å²) in [5.74, 6) is -2.35. The first-order valence-corrected chi connectivity index (χ1v) is 6.93. The number of hydrogen-bond donors (Lipinski definition) is 1. The molecule has 0 bridgehead atoms. The zero-order valence-electron chi connectivity index (χ0n) is 10.5. The predicted molar refractivity (Wildman–Crippen MR) is 76.9 cm³/mol. The Hall–Kier alpha value is -2.13. The number of fused-ring (bicyclic) bond motifs is 1. The Balaban J connectivity index is 2.35. The van der Waals surface area contributed by atoms with Crippen molar-refractivity contribution in [1.82, 2.24) is 14.5 Å². The Kier molecular flexibility index (Phi) is 3.30. The lowest BCUT2D eigenvalue weighted by molar-refractivity contribution is 0.359. The fourth-order valence-corrected chi connectivity index (χ4v) is 2.90. The van der Waals surface area contributed by atoms with E-state index in [9.17, 15) is 13.6 Å². The number of nitrogens with one attached hydrogen (secondary N) is 1. The minimum Gasteiger partial charge on any atom is -0.491 e. The Morgan fingerprint density at radius 2 is 2.05 bits per heavy atom. The Morgan fingerprint density at radius 1 is 1.38 bits per heavy atom. The third-order valence-electron chi connectivity index (χ3n) is 2.84. The third-order valence-corrected chi connectivity index (χ3v) is 3.94. The van der Waals surface area contributed by atoms with Crippen LogP contribution < -0.4 is 10.3 Å². The summed E-state index contributed by atoms with van der Waals surface area (Å²) in [6.45, 7) is 0. The summed E-state index contributed by atoms with van der Waals surface area (Å²) in [6, 6.07) is 1.97. The molecule has 2 aromatic heterocycles. The molecule has 1 aromatic carbocycles. The number of thiazole rings is 1. The maximum atomic E-state index is 13.8. The molecule has 0 unspecified atom stereocenters. The van der Waals surface area contributed by atoms with Gasteiger partial charge in [-0.15, -0.1) is 11.3 Å². The maximum Gasteiger partial charge on any atom is 0.278 e. The smallest absolute Gasteiger partial charge is 0.278 e. The van der Waals surface area contributed by atoms with Crippen LogP contribution in [0, 0.1) is 16.4 Å². The van der Waals surface area contributed by atoms with Crippen LogP contribution in [0.3, 0.4) is 0 Å². The van der Waals surface area contributed by atoms with Crippen molar-refractivity contribution in [3.63, 3.8) is 0 Å². The highest BCUT2D eigenvalue weighted by molar-refractivity contribution is 7.71. The first kappa shape index (κ1) is 13.8. The molecule has 9 heteroatoms. The number of halogens is 2. The summed E-state index contributed by atoms with van der Waals surface area (Å²) >= 11 is 6.17. The van der Waals surface area contributed by atoms with E-state index in [2.05, 4.69) is 14.7 Å². The molecule has 1 N–H and O–H groups in total. The van der Waals surface area contributed by atoms with Gasteiger partial charge in [-0.1, -0.05) is 0 Å². The van der Waals surface area contributed by atoms with E-state index in [0.717, 1.165) is 35.1 Å². The molecule has 3 rings (SSSR count). The van der Waals surface area contributed by atoms with Crippen LogP contribution >= 0.6 is 23.6 Å². The molecule has 3 aromatic rings. The molecule has 0 aliphatic heterocycles. The lowest BCUT2D eigenvalue weighted by Gasteiger charge is -2.09. The summed E-state index contributed by atoms with van der Waals surface area (Å²) in [5, 5.41) is 0. The first-order chi connectivity index (χ1) is 10.0. The van der Waals surface area contributed by atoms with Crippen LogP contribution in [0.5, 0.6) is 5.75 Å². The lowest BCUT2D eigenvalue weighted by atomic mass is 10.2. The van der Waals surface area contributed by atoms with Gasteiger partial charge >= 0.3 is 0 Å². The van der Waals surface area contributed by atoms with Gasteiger partial charge in [0.15, 0.2) is 27.8 Å². The molecule has 108 valence electrons. The molecule has 0 atom stereocenters. The molecule has 5 nitrogen and oxygen atoms in total. The second-order valence-electron chi connectivity index (χ2n) is 4.04. The molecule has 0 spiro atoms. The van der Waals surface area contributed by atoms with Gasteiger partial charge in [-0.3, -0.25) is 9.36 Å². The summed E-state index contributed by atoms with van der Waals surface area (Å²) in [4.78, 5) is 19.1. The van der Waals surface area contributed by atoms with Gasteiger partial charge in [0, 0.05) is 12.1 Å². The largest absolute Gasteiger partial charge is 0.491 e. The van der Waals surface area contributed by atoms with Gasteiger partial charge < -0.3 is 9.72 Å². The molecule has 2 heterocycles. The van der Waals surface area contributed by atoms with Crippen LogP contribution in [-0.4, -0.2) is 21.6 Å². The van der Waals surface area contributed by atoms with E-state index in [1.54, 1.807) is 0 Å². The van der Waals surface area contributed by atoms with Crippen molar-refractivity contribution >= 4 is 33.9 Å². The van der Waals surface area contributed by atoms with E-state index in [1.807, 2.05) is 0 Å². The fraction of sp³-hybridized carbons (Fsp3) is 0.0833. The van der Waals surface area contributed by atoms with Crippen LogP contribution in [0.4, 0.5) is 8.78 Å². The number of H-pyrrole nitrogens is 1. The van der Waals surface area contributed by atoms with Crippen molar-refractivity contribution in [3.8, 4) is 11.4 Å². The summed E-state index contributed by atoms with van der Waals surface area (Å²) in [7, 11) is 1.16. The van der Waals surface area contributed by atoms with Gasteiger partial charge in [0.25, 0.3) is 5.56 Å². The highest BCUT2D eigenvalue weighted by atomic mass is 32.1. The molecule has 0 fully saturated rings. The van der Waals surface area contributed by atoms with Crippen LogP contribution in [-0.2, 0) is 0 Å². The first-order valence-electron chi connectivity index (χ1n) is 5.65. The van der Waals surface area contributed by atoms with Gasteiger partial charge in [0.05, 0.1) is 18.3 Å². The normalized spacial score (nSPS) is 11.0. The average Bonchev–Trinajstić information content (AvgIpc) is 2.86. The number of rotatable bonds is 2. The van der Waals surface area contributed by atoms with Crippen LogP contribution in [0.15, 0.2) is 22.4 Å². The number of methoxy groups -OCH3 is 1. The number of nitrogens with zero attached hydrogens (tertiary/aromatic N) is 2. The van der Waals surface area contributed by atoms with E-state index in [-0.39, 0.29) is 10.5 Å². The van der Waals surface area contributed by atoms with Crippen molar-refractivity contribution in [2.45, 2.75) is 0 Å². The van der Waals surface area contributed by atoms with Crippen LogP contribution in [0.2, 0.25) is 0 Å². The monoisotopic (exact) mass is 327 g/mol. The Morgan fingerprint density at radius 3 is 2.67 bits per heavy atom. The van der Waals surface area contributed by atoms with Gasteiger partial charge in [-0.2, -0.15) is 0 Å². The Labute approximate surface area is 125 Å². The number of benzene rings is 1. The zero-order valence-corrected chi connectivity index (χ0v) is 12.1. The summed E-state index contributed by atoms with van der Waals surface area (Å²) in [6.07, 6.45) is 0. The fourth-order valence-electron chi connectivity index (χ4n) is 1.94. The van der Waals surface area contributed by atoms with E-state index < -0.39 is 22.9 Å². The lowest BCUT2D eigenvalue weighted by Crippen LogP contribution is -2.20. The number of aromatic nitrogens is 3. The molecule has 0 aliphatic carbocycles. The molecular weight excluding hydrogens is 320 g/mol. The van der Waals surface area contributed by atoms with E-state index >= 15 is 0 Å². The zero-order chi connectivity index (χ0) is 15.1. The molecule has 0 saturated heterocycles. The van der Waals surface area contributed by atoms with Crippen LogP contribution in [0.1, 0.15) is 0 Å². The minimum atomic E-state index is -0.918. The standard InChI is InChI=1S/C12H7F2N3O2S2/c1-19-8-6(13)2-5(3-7(8)14)17-11(18)9-10(15-4-21-9)16-12(17)20/h2-4H,1H3,(H,16,20). The molecule has 21 heavy (non-hydrogen) atoms. The summed E-state index contributed by atoms with van der Waals surface area (Å²) < 4.78 is 33.5. The SMILES string of the molecule is COc1c(F)cc(-n2c(=S)[nH]c3ncsc3c2=O)cc1F. The van der Waals surface area contributed by atoms with E-state index in [0.29, 0.717) is 10.3 Å². The quantitative estimate of drug-likeness (QED) is 0.735. The molecule has 0 aliphatic rings. The van der Waals surface area contributed by atoms with Crippen LogP contribution in [0.25, 0.3) is 16.0 Å². The van der Waals surface area contributed by atoms with Crippen molar-refractivity contribution in [3.05, 3.63) is 44.4 Å². The topological polar surface area (TPSA) is 59.9 Å². The minimum absolute atomic E-state index is 0.00219. The molecule has 0 saturated carbocycles. The molecule has 0 radical (unpaired) electrons. The van der Waals surface area contributed by atoms with Gasteiger partial charge in [-0.25, -0.2) is 13.8 Å². The van der Waals surface area contributed by atoms with E-state index in [4.69, 9.17) is 12.2 Å². The number of ether oxygens (including phenoxy) is 1. The average molecular weight is 327 g/mol. The predicted octanol–water partition coefficient (Wildman–Crippen LogP) is 2.79. The number of hydrogen-bond acceptors (Lipinski definition) is 5.